The number of hydrogen-bond acceptors (Lipinski definition) is 3. The molecule has 0 radical (unpaired) electrons. The van der Waals surface area contributed by atoms with Crippen LogP contribution in [0.3, 0.4) is 0 Å². The summed E-state index contributed by atoms with van der Waals surface area (Å²) in [6, 6.07) is 13.3. The van der Waals surface area contributed by atoms with Crippen LogP contribution < -0.4 is 10.1 Å². The zero-order valence-electron chi connectivity index (χ0n) is 13.7. The van der Waals surface area contributed by atoms with E-state index in [-0.39, 0.29) is 12.5 Å². The topological polar surface area (TPSA) is 56.1 Å². The Bertz CT molecular complexity index is 824. The van der Waals surface area contributed by atoms with Crippen molar-refractivity contribution in [2.24, 2.45) is 0 Å². The summed E-state index contributed by atoms with van der Waals surface area (Å²) >= 11 is 0. The smallest absolute Gasteiger partial charge is 0.262 e. The van der Waals surface area contributed by atoms with Crippen molar-refractivity contribution in [1.29, 1.82) is 0 Å². The number of carbonyl (C=O) groups excluding carboxylic acids is 1. The fourth-order valence-electron chi connectivity index (χ4n) is 2.28. The summed E-state index contributed by atoms with van der Waals surface area (Å²) in [6.07, 6.45) is 5.32. The largest absolute Gasteiger partial charge is 0.484 e. The van der Waals surface area contributed by atoms with E-state index in [1.54, 1.807) is 12.5 Å². The minimum Gasteiger partial charge on any atom is -0.484 e. The van der Waals surface area contributed by atoms with Crippen molar-refractivity contribution in [2.75, 3.05) is 11.9 Å². The number of ether oxygens (including phenoxy) is 1. The van der Waals surface area contributed by atoms with Gasteiger partial charge >= 0.3 is 0 Å². The Morgan fingerprint density at radius 2 is 1.92 bits per heavy atom. The monoisotopic (exact) mass is 321 g/mol. The summed E-state index contributed by atoms with van der Waals surface area (Å²) in [7, 11) is 0. The number of amides is 1. The van der Waals surface area contributed by atoms with Crippen molar-refractivity contribution >= 4 is 11.6 Å². The van der Waals surface area contributed by atoms with Gasteiger partial charge in [-0.3, -0.25) is 4.79 Å². The molecule has 0 saturated carbocycles. The molecule has 1 heterocycles. The highest BCUT2D eigenvalue weighted by Crippen LogP contribution is 2.17. The fraction of sp³-hybridized carbons (Fsp3) is 0.158. The second kappa shape index (κ2) is 7.00. The average Bonchev–Trinajstić information content (AvgIpc) is 3.11. The molecule has 0 aliphatic carbocycles. The standard InChI is InChI=1S/C19H19N3O2/c1-14-3-8-18(11-15(14)2)24-12-19(23)21-16-4-6-17(7-5-16)22-10-9-20-13-22/h3-11,13H,12H2,1-2H3,(H,21,23). The third-order valence-electron chi connectivity index (χ3n) is 3.80. The Hall–Kier alpha value is -3.08. The first-order valence-corrected chi connectivity index (χ1v) is 7.70. The molecule has 0 atom stereocenters. The maximum absolute atomic E-state index is 12.0. The third kappa shape index (κ3) is 3.81. The number of carbonyl (C=O) groups is 1. The van der Waals surface area contributed by atoms with Gasteiger partial charge in [0.25, 0.3) is 5.91 Å². The van der Waals surface area contributed by atoms with Gasteiger partial charge in [-0.1, -0.05) is 6.07 Å². The van der Waals surface area contributed by atoms with E-state index in [0.29, 0.717) is 5.75 Å². The fourth-order valence-corrected chi connectivity index (χ4v) is 2.28. The van der Waals surface area contributed by atoms with E-state index in [2.05, 4.69) is 10.3 Å². The highest BCUT2D eigenvalue weighted by atomic mass is 16.5. The first kappa shape index (κ1) is 15.8. The summed E-state index contributed by atoms with van der Waals surface area (Å²) in [5.41, 5.74) is 4.05. The van der Waals surface area contributed by atoms with E-state index >= 15 is 0 Å². The molecule has 1 N–H and O–H groups in total. The zero-order chi connectivity index (χ0) is 16.9. The zero-order valence-corrected chi connectivity index (χ0v) is 13.7. The first-order chi connectivity index (χ1) is 11.6. The minimum atomic E-state index is -0.191. The molecule has 0 unspecified atom stereocenters. The number of benzene rings is 2. The van der Waals surface area contributed by atoms with Gasteiger partial charge in [-0.25, -0.2) is 4.98 Å². The normalized spacial score (nSPS) is 10.4. The predicted octanol–water partition coefficient (Wildman–Crippen LogP) is 3.51. The summed E-state index contributed by atoms with van der Waals surface area (Å²) in [5.74, 6) is 0.507. The molecule has 3 aromatic rings. The lowest BCUT2D eigenvalue weighted by Crippen LogP contribution is -2.20. The molecule has 0 bridgehead atoms. The number of aromatic nitrogens is 2. The molecule has 0 aliphatic rings. The van der Waals surface area contributed by atoms with Crippen LogP contribution >= 0.6 is 0 Å². The van der Waals surface area contributed by atoms with E-state index in [4.69, 9.17) is 4.74 Å². The lowest BCUT2D eigenvalue weighted by atomic mass is 10.1. The maximum Gasteiger partial charge on any atom is 0.262 e. The van der Waals surface area contributed by atoms with Gasteiger partial charge in [0.15, 0.2) is 6.61 Å². The van der Waals surface area contributed by atoms with Crippen LogP contribution in [0.1, 0.15) is 11.1 Å². The van der Waals surface area contributed by atoms with Gasteiger partial charge in [-0.2, -0.15) is 0 Å². The molecule has 5 heteroatoms. The number of nitrogens with one attached hydrogen (secondary N) is 1. The van der Waals surface area contributed by atoms with E-state index in [1.165, 1.54) is 5.56 Å². The number of hydrogen-bond donors (Lipinski definition) is 1. The summed E-state index contributed by atoms with van der Waals surface area (Å²) < 4.78 is 7.43. The van der Waals surface area contributed by atoms with Crippen molar-refractivity contribution in [2.45, 2.75) is 13.8 Å². The first-order valence-electron chi connectivity index (χ1n) is 7.70. The number of aryl methyl sites for hydroxylation is 2. The molecule has 1 aromatic heterocycles. The number of anilines is 1. The van der Waals surface area contributed by atoms with Gasteiger partial charge in [0.1, 0.15) is 5.75 Å². The van der Waals surface area contributed by atoms with Crippen LogP contribution in [-0.2, 0) is 4.79 Å². The van der Waals surface area contributed by atoms with E-state index < -0.39 is 0 Å². The number of nitrogens with zero attached hydrogens (tertiary/aromatic N) is 2. The molecule has 2 aromatic carbocycles. The number of imidazole rings is 1. The average molecular weight is 321 g/mol. The van der Waals surface area contributed by atoms with Crippen LogP contribution in [0.25, 0.3) is 5.69 Å². The van der Waals surface area contributed by atoms with Crippen molar-refractivity contribution in [3.8, 4) is 11.4 Å². The number of rotatable bonds is 5. The van der Waals surface area contributed by atoms with Crippen LogP contribution in [0.2, 0.25) is 0 Å². The van der Waals surface area contributed by atoms with Crippen LogP contribution in [0.5, 0.6) is 5.75 Å². The lowest BCUT2D eigenvalue weighted by molar-refractivity contribution is -0.118. The van der Waals surface area contributed by atoms with Crippen molar-refractivity contribution in [1.82, 2.24) is 9.55 Å². The SMILES string of the molecule is Cc1ccc(OCC(=O)Nc2ccc(-n3ccnc3)cc2)cc1C. The molecule has 5 nitrogen and oxygen atoms in total. The van der Waals surface area contributed by atoms with Crippen molar-refractivity contribution < 1.29 is 9.53 Å². The molecule has 3 rings (SSSR count). The van der Waals surface area contributed by atoms with E-state index in [9.17, 15) is 4.79 Å². The Kier molecular flexibility index (Phi) is 4.61. The Balaban J connectivity index is 1.55. The molecule has 0 aliphatic heterocycles. The molecule has 0 fully saturated rings. The van der Waals surface area contributed by atoms with Crippen LogP contribution in [0, 0.1) is 13.8 Å². The Morgan fingerprint density at radius 3 is 2.58 bits per heavy atom. The lowest BCUT2D eigenvalue weighted by Gasteiger charge is -2.09. The third-order valence-corrected chi connectivity index (χ3v) is 3.80. The van der Waals surface area contributed by atoms with Crippen LogP contribution in [0.4, 0.5) is 5.69 Å². The van der Waals surface area contributed by atoms with Crippen LogP contribution in [0.15, 0.2) is 61.2 Å². The molecular formula is C19H19N3O2. The molecule has 24 heavy (non-hydrogen) atoms. The molecule has 122 valence electrons. The predicted molar refractivity (Wildman–Crippen MR) is 93.6 cm³/mol. The van der Waals surface area contributed by atoms with Crippen molar-refractivity contribution in [3.05, 3.63) is 72.3 Å². The molecule has 0 saturated heterocycles. The van der Waals surface area contributed by atoms with Gasteiger partial charge in [0.05, 0.1) is 6.33 Å². The maximum atomic E-state index is 12.0. The second-order valence-corrected chi connectivity index (χ2v) is 5.60. The van der Waals surface area contributed by atoms with Gasteiger partial charge in [-0.15, -0.1) is 0 Å². The highest BCUT2D eigenvalue weighted by Gasteiger charge is 2.05. The van der Waals surface area contributed by atoms with Crippen LogP contribution in [-0.4, -0.2) is 22.1 Å². The summed E-state index contributed by atoms with van der Waals surface area (Å²) in [5, 5.41) is 2.82. The summed E-state index contributed by atoms with van der Waals surface area (Å²) in [6.45, 7) is 4.04. The minimum absolute atomic E-state index is 0.0221. The Morgan fingerprint density at radius 1 is 1.12 bits per heavy atom. The second-order valence-electron chi connectivity index (χ2n) is 5.60. The van der Waals surface area contributed by atoms with E-state index in [1.807, 2.05) is 67.1 Å². The van der Waals surface area contributed by atoms with E-state index in [0.717, 1.165) is 16.9 Å². The molecule has 1 amide bonds. The summed E-state index contributed by atoms with van der Waals surface area (Å²) in [4.78, 5) is 16.0. The van der Waals surface area contributed by atoms with Gasteiger partial charge in [0.2, 0.25) is 0 Å². The molecule has 0 spiro atoms. The van der Waals surface area contributed by atoms with Gasteiger partial charge in [-0.05, 0) is 61.4 Å². The van der Waals surface area contributed by atoms with Crippen molar-refractivity contribution in [3.63, 3.8) is 0 Å². The highest BCUT2D eigenvalue weighted by molar-refractivity contribution is 5.91. The van der Waals surface area contributed by atoms with Gasteiger partial charge in [0, 0.05) is 23.8 Å². The molecular weight excluding hydrogens is 302 g/mol. The Labute approximate surface area is 140 Å². The quantitative estimate of drug-likeness (QED) is 0.782. The van der Waals surface area contributed by atoms with Gasteiger partial charge < -0.3 is 14.6 Å².